The number of carbonyl (C=O) groups is 1. The minimum Gasteiger partial charge on any atom is -0.345 e. The molecule has 0 bridgehead atoms. The Labute approximate surface area is 159 Å². The van der Waals surface area contributed by atoms with Crippen LogP contribution in [-0.2, 0) is 0 Å². The molecule has 0 spiro atoms. The van der Waals surface area contributed by atoms with Gasteiger partial charge < -0.3 is 4.90 Å². The minimum absolute atomic E-state index is 0.221. The third-order valence-corrected chi connectivity index (χ3v) is 4.39. The third-order valence-electron chi connectivity index (χ3n) is 4.39. The van der Waals surface area contributed by atoms with Gasteiger partial charge in [-0.1, -0.05) is 12.1 Å². The summed E-state index contributed by atoms with van der Waals surface area (Å²) in [5.41, 5.74) is 2.10. The Morgan fingerprint density at radius 2 is 1.86 bits per heavy atom. The molecule has 0 fully saturated rings. The van der Waals surface area contributed by atoms with Crippen LogP contribution < -0.4 is 0 Å². The van der Waals surface area contributed by atoms with Gasteiger partial charge in [0.2, 0.25) is 0 Å². The van der Waals surface area contributed by atoms with E-state index in [4.69, 9.17) is 0 Å². The summed E-state index contributed by atoms with van der Waals surface area (Å²) in [7, 11) is 3.29. The molecule has 2 aromatic carbocycles. The van der Waals surface area contributed by atoms with Gasteiger partial charge in [-0.05, 0) is 30.3 Å². The number of hydrogen-bond donors (Lipinski definition) is 0. The summed E-state index contributed by atoms with van der Waals surface area (Å²) >= 11 is 0. The molecule has 0 unspecified atom stereocenters. The Morgan fingerprint density at radius 3 is 2.61 bits per heavy atom. The van der Waals surface area contributed by atoms with Crippen molar-refractivity contribution in [2.75, 3.05) is 14.1 Å². The number of aromatic nitrogens is 3. The average molecular weight is 378 g/mol. The first-order chi connectivity index (χ1) is 13.4. The van der Waals surface area contributed by atoms with E-state index in [1.165, 1.54) is 34.0 Å². The Bertz CT molecular complexity index is 1200. The van der Waals surface area contributed by atoms with Gasteiger partial charge in [0, 0.05) is 37.3 Å². The lowest BCUT2D eigenvalue weighted by molar-refractivity contribution is 0.0829. The molecule has 0 saturated carbocycles. The zero-order valence-corrected chi connectivity index (χ0v) is 15.2. The molecule has 7 heteroatoms. The van der Waals surface area contributed by atoms with Crippen molar-refractivity contribution >= 4 is 16.8 Å². The largest absolute Gasteiger partial charge is 0.345 e. The zero-order chi connectivity index (χ0) is 19.8. The topological polar surface area (TPSA) is 51.0 Å². The normalized spacial score (nSPS) is 11.0. The van der Waals surface area contributed by atoms with E-state index < -0.39 is 11.6 Å². The summed E-state index contributed by atoms with van der Waals surface area (Å²) < 4.78 is 29.2. The van der Waals surface area contributed by atoms with E-state index in [0.717, 1.165) is 0 Å². The van der Waals surface area contributed by atoms with Crippen LogP contribution in [0.25, 0.3) is 27.8 Å². The lowest BCUT2D eigenvalue weighted by atomic mass is 10.0. The lowest BCUT2D eigenvalue weighted by Crippen LogP contribution is -2.22. The Hall–Kier alpha value is -3.61. The second kappa shape index (κ2) is 6.84. The first-order valence-corrected chi connectivity index (χ1v) is 8.56. The molecule has 0 radical (unpaired) electrons. The van der Waals surface area contributed by atoms with Gasteiger partial charge in [0.25, 0.3) is 5.91 Å². The van der Waals surface area contributed by atoms with Crippen molar-refractivity contribution in [2.45, 2.75) is 0 Å². The molecule has 0 aliphatic rings. The number of carbonyl (C=O) groups excluding carboxylic acids is 1. The number of benzene rings is 2. The number of hydrogen-bond acceptors (Lipinski definition) is 3. The summed E-state index contributed by atoms with van der Waals surface area (Å²) in [4.78, 5) is 18.6. The monoisotopic (exact) mass is 378 g/mol. The molecule has 140 valence electrons. The smallest absolute Gasteiger partial charge is 0.254 e. The Morgan fingerprint density at radius 1 is 1.07 bits per heavy atom. The van der Waals surface area contributed by atoms with E-state index in [9.17, 15) is 13.6 Å². The van der Waals surface area contributed by atoms with Gasteiger partial charge >= 0.3 is 0 Å². The summed E-state index contributed by atoms with van der Waals surface area (Å²) in [5.74, 6) is -1.07. The van der Waals surface area contributed by atoms with Gasteiger partial charge in [0.05, 0.1) is 23.0 Å². The standard InChI is InChI=1S/C21H16F2N4O/c1-26(2)21(28)16-10-18(25-19-9-14(22)7-8-15(16)19)13-11-24-27(12-13)20-6-4-3-5-17(20)23/h3-12H,1-2H3. The van der Waals surface area contributed by atoms with Crippen LogP contribution in [0, 0.1) is 11.6 Å². The number of halogens is 2. The van der Waals surface area contributed by atoms with Gasteiger partial charge in [0.15, 0.2) is 0 Å². The van der Waals surface area contributed by atoms with Crippen molar-refractivity contribution in [3.05, 3.63) is 78.1 Å². The second-order valence-electron chi connectivity index (χ2n) is 6.54. The summed E-state index contributed by atoms with van der Waals surface area (Å²) in [6.07, 6.45) is 3.15. The second-order valence-corrected chi connectivity index (χ2v) is 6.54. The third kappa shape index (κ3) is 3.11. The molecule has 0 aliphatic carbocycles. The highest BCUT2D eigenvalue weighted by atomic mass is 19.1. The number of amides is 1. The molecule has 2 heterocycles. The molecule has 0 N–H and O–H groups in total. The molecule has 0 aliphatic heterocycles. The van der Waals surface area contributed by atoms with Crippen LogP contribution in [0.4, 0.5) is 8.78 Å². The van der Waals surface area contributed by atoms with Crippen LogP contribution in [-0.4, -0.2) is 39.7 Å². The quantitative estimate of drug-likeness (QED) is 0.540. The maximum absolute atomic E-state index is 14.0. The van der Waals surface area contributed by atoms with Gasteiger partial charge in [-0.15, -0.1) is 0 Å². The molecule has 28 heavy (non-hydrogen) atoms. The average Bonchev–Trinajstić information content (AvgIpc) is 3.16. The number of rotatable bonds is 3. The molecule has 0 atom stereocenters. The number of nitrogens with zero attached hydrogens (tertiary/aromatic N) is 4. The molecular weight excluding hydrogens is 362 g/mol. The van der Waals surface area contributed by atoms with E-state index in [1.807, 2.05) is 0 Å². The first kappa shape index (κ1) is 17.8. The zero-order valence-electron chi connectivity index (χ0n) is 15.2. The fraction of sp³-hybridized carbons (Fsp3) is 0.0952. The van der Waals surface area contributed by atoms with Gasteiger partial charge in [-0.3, -0.25) is 4.79 Å². The summed E-state index contributed by atoms with van der Waals surface area (Å²) in [5, 5.41) is 4.76. The lowest BCUT2D eigenvalue weighted by Gasteiger charge is -2.13. The predicted octanol–water partition coefficient (Wildman–Crippen LogP) is 4.07. The van der Waals surface area contributed by atoms with Crippen molar-refractivity contribution in [3.8, 4) is 16.9 Å². The molecule has 0 saturated heterocycles. The van der Waals surface area contributed by atoms with Crippen LogP contribution in [0.1, 0.15) is 10.4 Å². The van der Waals surface area contributed by atoms with Crippen LogP contribution >= 0.6 is 0 Å². The van der Waals surface area contributed by atoms with Crippen molar-refractivity contribution in [1.82, 2.24) is 19.7 Å². The maximum Gasteiger partial charge on any atom is 0.254 e. The van der Waals surface area contributed by atoms with Crippen LogP contribution in [0.5, 0.6) is 0 Å². The molecule has 4 aromatic rings. The minimum atomic E-state index is -0.442. The molecule has 4 rings (SSSR count). The van der Waals surface area contributed by atoms with Crippen molar-refractivity contribution < 1.29 is 13.6 Å². The van der Waals surface area contributed by atoms with Crippen molar-refractivity contribution in [2.24, 2.45) is 0 Å². The SMILES string of the molecule is CN(C)C(=O)c1cc(-c2cnn(-c3ccccc3F)c2)nc2cc(F)ccc12. The van der Waals surface area contributed by atoms with E-state index in [2.05, 4.69) is 10.1 Å². The summed E-state index contributed by atoms with van der Waals surface area (Å²) in [6, 6.07) is 12.0. The molecular formula is C21H16F2N4O. The van der Waals surface area contributed by atoms with Crippen molar-refractivity contribution in [3.63, 3.8) is 0 Å². The molecule has 5 nitrogen and oxygen atoms in total. The Kier molecular flexibility index (Phi) is 4.35. The van der Waals surface area contributed by atoms with E-state index in [1.54, 1.807) is 50.6 Å². The molecule has 1 amide bonds. The highest BCUT2D eigenvalue weighted by Gasteiger charge is 2.17. The van der Waals surface area contributed by atoms with Gasteiger partial charge in [-0.2, -0.15) is 5.10 Å². The maximum atomic E-state index is 14.0. The van der Waals surface area contributed by atoms with Gasteiger partial charge in [0.1, 0.15) is 17.3 Å². The Balaban J connectivity index is 1.88. The van der Waals surface area contributed by atoms with Crippen LogP contribution in [0.15, 0.2) is 60.9 Å². The highest BCUT2D eigenvalue weighted by molar-refractivity contribution is 6.07. The molecule has 2 aromatic heterocycles. The predicted molar refractivity (Wildman–Crippen MR) is 102 cm³/mol. The van der Waals surface area contributed by atoms with Crippen molar-refractivity contribution in [1.29, 1.82) is 0 Å². The van der Waals surface area contributed by atoms with Crippen LogP contribution in [0.3, 0.4) is 0 Å². The van der Waals surface area contributed by atoms with E-state index in [-0.39, 0.29) is 5.91 Å². The fourth-order valence-corrected chi connectivity index (χ4v) is 2.99. The van der Waals surface area contributed by atoms with E-state index >= 15 is 0 Å². The highest BCUT2D eigenvalue weighted by Crippen LogP contribution is 2.27. The fourth-order valence-electron chi connectivity index (χ4n) is 2.99. The first-order valence-electron chi connectivity index (χ1n) is 8.56. The van der Waals surface area contributed by atoms with Gasteiger partial charge in [-0.25, -0.2) is 18.4 Å². The number of para-hydroxylation sites is 1. The number of fused-ring (bicyclic) bond motifs is 1. The van der Waals surface area contributed by atoms with E-state index in [0.29, 0.717) is 33.4 Å². The number of pyridine rings is 1. The van der Waals surface area contributed by atoms with Crippen LogP contribution in [0.2, 0.25) is 0 Å². The summed E-state index contributed by atoms with van der Waals surface area (Å²) in [6.45, 7) is 0.